The van der Waals surface area contributed by atoms with Crippen LogP contribution < -0.4 is 5.73 Å². The van der Waals surface area contributed by atoms with Gasteiger partial charge in [0, 0.05) is 12.0 Å². The molecule has 66 valence electrons. The molecule has 1 rings (SSSR count). The van der Waals surface area contributed by atoms with E-state index in [1.165, 1.54) is 0 Å². The van der Waals surface area contributed by atoms with Crippen molar-refractivity contribution in [3.05, 3.63) is 29.8 Å². The van der Waals surface area contributed by atoms with E-state index >= 15 is 0 Å². The van der Waals surface area contributed by atoms with Crippen molar-refractivity contribution in [3.8, 4) is 0 Å². The summed E-state index contributed by atoms with van der Waals surface area (Å²) < 4.78 is 4.95. The van der Waals surface area contributed by atoms with Gasteiger partial charge >= 0.3 is 0 Å². The Morgan fingerprint density at radius 2 is 2.17 bits per heavy atom. The normalized spacial score (nSPS) is 12.9. The maximum absolute atomic E-state index is 5.83. The monoisotopic (exact) mass is 183 g/mol. The van der Waals surface area contributed by atoms with Crippen molar-refractivity contribution in [3.63, 3.8) is 0 Å². The summed E-state index contributed by atoms with van der Waals surface area (Å²) >= 11 is 4.29. The van der Waals surface area contributed by atoms with Gasteiger partial charge in [0.2, 0.25) is 0 Å². The lowest BCUT2D eigenvalue weighted by Crippen LogP contribution is -2.16. The number of thiol groups is 1. The zero-order valence-corrected chi connectivity index (χ0v) is 7.92. The number of hydrogen-bond donors (Lipinski definition) is 2. The molecule has 3 heteroatoms. The highest BCUT2D eigenvalue weighted by atomic mass is 32.1. The van der Waals surface area contributed by atoms with Crippen LogP contribution in [0.15, 0.2) is 29.2 Å². The van der Waals surface area contributed by atoms with Gasteiger partial charge in [-0.1, -0.05) is 18.2 Å². The Bertz CT molecular complexity index is 252. The van der Waals surface area contributed by atoms with E-state index in [0.717, 1.165) is 10.5 Å². The summed E-state index contributed by atoms with van der Waals surface area (Å²) in [6.07, 6.45) is 0. The van der Waals surface area contributed by atoms with E-state index in [1.807, 2.05) is 24.3 Å². The first-order valence-electron chi connectivity index (χ1n) is 3.78. The highest BCUT2D eigenvalue weighted by Gasteiger charge is 2.07. The van der Waals surface area contributed by atoms with Crippen molar-refractivity contribution in [1.82, 2.24) is 0 Å². The van der Waals surface area contributed by atoms with Crippen molar-refractivity contribution in [2.24, 2.45) is 5.73 Å². The van der Waals surface area contributed by atoms with E-state index in [0.29, 0.717) is 6.61 Å². The first kappa shape index (κ1) is 9.58. The number of benzene rings is 1. The van der Waals surface area contributed by atoms with Gasteiger partial charge in [0.1, 0.15) is 0 Å². The molecule has 0 aromatic heterocycles. The lowest BCUT2D eigenvalue weighted by atomic mass is 10.1. The van der Waals surface area contributed by atoms with Gasteiger partial charge in [0.05, 0.1) is 12.6 Å². The van der Waals surface area contributed by atoms with E-state index < -0.39 is 0 Å². The van der Waals surface area contributed by atoms with Crippen LogP contribution in [-0.4, -0.2) is 13.7 Å². The van der Waals surface area contributed by atoms with Gasteiger partial charge in [-0.2, -0.15) is 0 Å². The summed E-state index contributed by atoms with van der Waals surface area (Å²) in [5, 5.41) is 0. The average molecular weight is 183 g/mol. The van der Waals surface area contributed by atoms with E-state index in [9.17, 15) is 0 Å². The molecule has 0 aliphatic rings. The Kier molecular flexibility index (Phi) is 3.59. The fraction of sp³-hybridized carbons (Fsp3) is 0.333. The molecule has 1 aromatic rings. The van der Waals surface area contributed by atoms with Gasteiger partial charge in [0.25, 0.3) is 0 Å². The van der Waals surface area contributed by atoms with Gasteiger partial charge in [-0.3, -0.25) is 0 Å². The van der Waals surface area contributed by atoms with Crippen molar-refractivity contribution in [2.45, 2.75) is 10.9 Å². The molecule has 0 saturated heterocycles. The molecule has 0 heterocycles. The summed E-state index contributed by atoms with van der Waals surface area (Å²) in [5.74, 6) is 0. The van der Waals surface area contributed by atoms with Gasteiger partial charge < -0.3 is 10.5 Å². The molecule has 0 amide bonds. The number of nitrogens with two attached hydrogens (primary N) is 1. The third-order valence-corrected chi connectivity index (χ3v) is 2.09. The minimum absolute atomic E-state index is 0.0799. The highest BCUT2D eigenvalue weighted by Crippen LogP contribution is 2.18. The summed E-state index contributed by atoms with van der Waals surface area (Å²) in [6, 6.07) is 7.69. The second-order valence-electron chi connectivity index (χ2n) is 2.62. The maximum Gasteiger partial charge on any atom is 0.0655 e. The zero-order chi connectivity index (χ0) is 8.97. The van der Waals surface area contributed by atoms with Crippen LogP contribution in [0.2, 0.25) is 0 Å². The molecule has 2 N–H and O–H groups in total. The van der Waals surface area contributed by atoms with Gasteiger partial charge in [-0.05, 0) is 11.6 Å². The Morgan fingerprint density at radius 1 is 1.50 bits per heavy atom. The molecule has 2 nitrogen and oxygen atoms in total. The fourth-order valence-corrected chi connectivity index (χ4v) is 1.40. The Labute approximate surface area is 78.1 Å². The van der Waals surface area contributed by atoms with Crippen molar-refractivity contribution in [2.75, 3.05) is 13.7 Å². The number of rotatable bonds is 3. The second kappa shape index (κ2) is 4.50. The van der Waals surface area contributed by atoms with Crippen molar-refractivity contribution >= 4 is 12.6 Å². The summed E-state index contributed by atoms with van der Waals surface area (Å²) in [5.41, 5.74) is 6.86. The molecule has 12 heavy (non-hydrogen) atoms. The summed E-state index contributed by atoms with van der Waals surface area (Å²) in [6.45, 7) is 0.525. The molecular formula is C9H13NOS. The molecule has 0 aliphatic carbocycles. The van der Waals surface area contributed by atoms with Crippen LogP contribution in [0, 0.1) is 0 Å². The summed E-state index contributed by atoms with van der Waals surface area (Å²) in [7, 11) is 1.64. The standard InChI is InChI=1S/C9H13NOS/c1-11-6-8(10)7-4-2-3-5-9(7)12/h2-5,8,12H,6,10H2,1H3/t8-/m0/s1. The van der Waals surface area contributed by atoms with Gasteiger partial charge in [0.15, 0.2) is 0 Å². The average Bonchev–Trinajstić information content (AvgIpc) is 2.05. The highest BCUT2D eigenvalue weighted by molar-refractivity contribution is 7.80. The zero-order valence-electron chi connectivity index (χ0n) is 7.03. The molecule has 0 saturated carbocycles. The molecule has 1 aromatic carbocycles. The Balaban J connectivity index is 2.79. The molecule has 0 aliphatic heterocycles. The van der Waals surface area contributed by atoms with Gasteiger partial charge in [-0.25, -0.2) is 0 Å². The first-order valence-corrected chi connectivity index (χ1v) is 4.23. The van der Waals surface area contributed by atoms with Crippen LogP contribution in [0.4, 0.5) is 0 Å². The van der Waals surface area contributed by atoms with E-state index in [-0.39, 0.29) is 6.04 Å². The molecule has 0 fully saturated rings. The van der Waals surface area contributed by atoms with E-state index in [4.69, 9.17) is 10.5 Å². The molecular weight excluding hydrogens is 170 g/mol. The lowest BCUT2D eigenvalue weighted by Gasteiger charge is -2.12. The quantitative estimate of drug-likeness (QED) is 0.698. The van der Waals surface area contributed by atoms with E-state index in [1.54, 1.807) is 7.11 Å². The van der Waals surface area contributed by atoms with Crippen molar-refractivity contribution < 1.29 is 4.74 Å². The lowest BCUT2D eigenvalue weighted by molar-refractivity contribution is 0.180. The number of hydrogen-bond acceptors (Lipinski definition) is 3. The van der Waals surface area contributed by atoms with Crippen LogP contribution in [0.5, 0.6) is 0 Å². The molecule has 0 radical (unpaired) electrons. The Hall–Kier alpha value is -0.510. The Morgan fingerprint density at radius 3 is 2.75 bits per heavy atom. The minimum Gasteiger partial charge on any atom is -0.383 e. The third-order valence-electron chi connectivity index (χ3n) is 1.68. The molecule has 0 spiro atoms. The van der Waals surface area contributed by atoms with Crippen LogP contribution in [0.1, 0.15) is 11.6 Å². The third kappa shape index (κ3) is 2.24. The molecule has 0 bridgehead atoms. The minimum atomic E-state index is -0.0799. The predicted octanol–water partition coefficient (Wildman–Crippen LogP) is 1.62. The molecule has 1 atom stereocenters. The van der Waals surface area contributed by atoms with E-state index in [2.05, 4.69) is 12.6 Å². The second-order valence-corrected chi connectivity index (χ2v) is 3.10. The van der Waals surface area contributed by atoms with Crippen LogP contribution >= 0.6 is 12.6 Å². The summed E-state index contributed by atoms with van der Waals surface area (Å²) in [4.78, 5) is 0.919. The molecule has 0 unspecified atom stereocenters. The number of methoxy groups -OCH3 is 1. The SMILES string of the molecule is COC[C@H](N)c1ccccc1S. The topological polar surface area (TPSA) is 35.2 Å². The smallest absolute Gasteiger partial charge is 0.0655 e. The van der Waals surface area contributed by atoms with Crippen molar-refractivity contribution in [1.29, 1.82) is 0 Å². The largest absolute Gasteiger partial charge is 0.383 e. The van der Waals surface area contributed by atoms with Crippen LogP contribution in [0.3, 0.4) is 0 Å². The number of ether oxygens (including phenoxy) is 1. The van der Waals surface area contributed by atoms with Gasteiger partial charge in [-0.15, -0.1) is 12.6 Å². The fourth-order valence-electron chi connectivity index (χ4n) is 1.07. The van der Waals surface area contributed by atoms with Crippen LogP contribution in [-0.2, 0) is 4.74 Å². The maximum atomic E-state index is 5.83. The first-order chi connectivity index (χ1) is 5.75. The van der Waals surface area contributed by atoms with Crippen LogP contribution in [0.25, 0.3) is 0 Å². The predicted molar refractivity (Wildman–Crippen MR) is 52.5 cm³/mol.